The number of hydrogen-bond donors (Lipinski definition) is 2. The standard InChI is InChI=1S/C13H16O3/c14-12(10-13(15)16)9-5-4-8-11-6-2-1-3-7-11/h1-4,6-8,12,14H,5,9-10H2,(H,15,16)/b8-4+. The van der Waals surface area contributed by atoms with Gasteiger partial charge in [-0.3, -0.25) is 4.79 Å². The third-order valence-corrected chi connectivity index (χ3v) is 2.19. The summed E-state index contributed by atoms with van der Waals surface area (Å²) in [5.74, 6) is -0.959. The monoisotopic (exact) mass is 220 g/mol. The number of rotatable bonds is 6. The van der Waals surface area contributed by atoms with Crippen LogP contribution in [-0.2, 0) is 4.79 Å². The Hall–Kier alpha value is -1.61. The van der Waals surface area contributed by atoms with Crippen molar-refractivity contribution >= 4 is 12.0 Å². The van der Waals surface area contributed by atoms with Crippen LogP contribution in [0.25, 0.3) is 6.08 Å². The van der Waals surface area contributed by atoms with Gasteiger partial charge in [0.2, 0.25) is 0 Å². The summed E-state index contributed by atoms with van der Waals surface area (Å²) in [7, 11) is 0. The highest BCUT2D eigenvalue weighted by Gasteiger charge is 2.07. The second kappa shape index (κ2) is 6.80. The van der Waals surface area contributed by atoms with Gasteiger partial charge in [-0.1, -0.05) is 42.5 Å². The topological polar surface area (TPSA) is 57.5 Å². The highest BCUT2D eigenvalue weighted by Crippen LogP contribution is 2.06. The van der Waals surface area contributed by atoms with Crippen LogP contribution in [0.5, 0.6) is 0 Å². The predicted octanol–water partition coefficient (Wildman–Crippen LogP) is 2.32. The number of aliphatic hydroxyl groups is 1. The first-order valence-electron chi connectivity index (χ1n) is 5.30. The number of carboxylic acids is 1. The van der Waals surface area contributed by atoms with Gasteiger partial charge in [-0.25, -0.2) is 0 Å². The lowest BCUT2D eigenvalue weighted by Crippen LogP contribution is -2.12. The minimum Gasteiger partial charge on any atom is -0.481 e. The number of hydrogen-bond acceptors (Lipinski definition) is 2. The molecule has 0 saturated carbocycles. The van der Waals surface area contributed by atoms with E-state index in [1.165, 1.54) is 0 Å². The summed E-state index contributed by atoms with van der Waals surface area (Å²) in [6.07, 6.45) is 4.14. The lowest BCUT2D eigenvalue weighted by Gasteiger charge is -2.04. The molecule has 0 bridgehead atoms. The maximum absolute atomic E-state index is 10.3. The number of aliphatic carboxylic acids is 1. The van der Waals surface area contributed by atoms with Gasteiger partial charge in [0, 0.05) is 0 Å². The van der Waals surface area contributed by atoms with Crippen molar-refractivity contribution in [2.45, 2.75) is 25.4 Å². The van der Waals surface area contributed by atoms with Gasteiger partial charge >= 0.3 is 5.97 Å². The fourth-order valence-electron chi connectivity index (χ4n) is 1.38. The lowest BCUT2D eigenvalue weighted by molar-refractivity contribution is -0.139. The van der Waals surface area contributed by atoms with Crippen LogP contribution in [0.4, 0.5) is 0 Å². The first-order valence-corrected chi connectivity index (χ1v) is 5.30. The van der Waals surface area contributed by atoms with E-state index >= 15 is 0 Å². The van der Waals surface area contributed by atoms with E-state index in [1.807, 2.05) is 42.5 Å². The van der Waals surface area contributed by atoms with E-state index in [9.17, 15) is 9.90 Å². The third-order valence-electron chi connectivity index (χ3n) is 2.19. The summed E-state index contributed by atoms with van der Waals surface area (Å²) in [4.78, 5) is 10.3. The summed E-state index contributed by atoms with van der Waals surface area (Å²) in [5, 5.41) is 17.7. The van der Waals surface area contributed by atoms with Crippen molar-refractivity contribution in [3.05, 3.63) is 42.0 Å². The Morgan fingerprint density at radius 1 is 1.31 bits per heavy atom. The molecule has 1 aromatic rings. The van der Waals surface area contributed by atoms with Crippen LogP contribution in [-0.4, -0.2) is 22.3 Å². The number of aliphatic hydroxyl groups excluding tert-OH is 1. The van der Waals surface area contributed by atoms with Crippen LogP contribution in [0.2, 0.25) is 0 Å². The number of carboxylic acid groups (broad SMARTS) is 1. The van der Waals surface area contributed by atoms with Crippen LogP contribution < -0.4 is 0 Å². The van der Waals surface area contributed by atoms with Crippen molar-refractivity contribution in [3.8, 4) is 0 Å². The van der Waals surface area contributed by atoms with E-state index in [4.69, 9.17) is 5.11 Å². The van der Waals surface area contributed by atoms with Gasteiger partial charge in [0.05, 0.1) is 12.5 Å². The van der Waals surface area contributed by atoms with E-state index in [1.54, 1.807) is 0 Å². The molecule has 1 rings (SSSR count). The first-order chi connectivity index (χ1) is 7.68. The average molecular weight is 220 g/mol. The second-order valence-corrected chi connectivity index (χ2v) is 3.64. The molecule has 0 amide bonds. The maximum atomic E-state index is 10.3. The number of benzene rings is 1. The highest BCUT2D eigenvalue weighted by atomic mass is 16.4. The molecule has 86 valence electrons. The molecule has 0 saturated heterocycles. The molecule has 0 radical (unpaired) electrons. The third kappa shape index (κ3) is 5.32. The fraction of sp³-hybridized carbons (Fsp3) is 0.308. The van der Waals surface area contributed by atoms with E-state index in [0.717, 1.165) is 5.56 Å². The van der Waals surface area contributed by atoms with Gasteiger partial charge in [0.1, 0.15) is 0 Å². The average Bonchev–Trinajstić information content (AvgIpc) is 2.25. The molecule has 0 fully saturated rings. The molecule has 2 N–H and O–H groups in total. The zero-order chi connectivity index (χ0) is 11.8. The Morgan fingerprint density at radius 2 is 2.00 bits per heavy atom. The van der Waals surface area contributed by atoms with E-state index in [-0.39, 0.29) is 6.42 Å². The summed E-state index contributed by atoms with van der Waals surface area (Å²) in [6.45, 7) is 0. The molecule has 0 aromatic heterocycles. The molecule has 0 aliphatic carbocycles. The van der Waals surface area contributed by atoms with Crippen LogP contribution in [0.3, 0.4) is 0 Å². The molecule has 1 unspecified atom stereocenters. The molecular weight excluding hydrogens is 204 g/mol. The fourth-order valence-corrected chi connectivity index (χ4v) is 1.38. The molecule has 16 heavy (non-hydrogen) atoms. The Labute approximate surface area is 95.0 Å². The highest BCUT2D eigenvalue weighted by molar-refractivity contribution is 5.67. The van der Waals surface area contributed by atoms with Gasteiger partial charge in [-0.15, -0.1) is 0 Å². The smallest absolute Gasteiger partial charge is 0.305 e. The first kappa shape index (κ1) is 12.5. The SMILES string of the molecule is O=C(O)CC(O)CC/C=C/c1ccccc1. The lowest BCUT2D eigenvalue weighted by atomic mass is 10.1. The molecule has 1 aromatic carbocycles. The van der Waals surface area contributed by atoms with Gasteiger partial charge in [0.15, 0.2) is 0 Å². The zero-order valence-electron chi connectivity index (χ0n) is 9.04. The molecule has 0 aliphatic rings. The normalized spacial score (nSPS) is 12.8. The molecular formula is C13H16O3. The van der Waals surface area contributed by atoms with Gasteiger partial charge in [0.25, 0.3) is 0 Å². The summed E-state index contributed by atoms with van der Waals surface area (Å²) in [5.41, 5.74) is 1.11. The van der Waals surface area contributed by atoms with Crippen LogP contribution in [0.1, 0.15) is 24.8 Å². The predicted molar refractivity (Wildman–Crippen MR) is 63.0 cm³/mol. The minimum atomic E-state index is -0.959. The molecule has 0 aliphatic heterocycles. The molecule has 3 heteroatoms. The van der Waals surface area contributed by atoms with Crippen molar-refractivity contribution in [2.75, 3.05) is 0 Å². The molecule has 1 atom stereocenters. The minimum absolute atomic E-state index is 0.181. The number of allylic oxidation sites excluding steroid dienone is 1. The van der Waals surface area contributed by atoms with Crippen LogP contribution in [0, 0.1) is 0 Å². The zero-order valence-corrected chi connectivity index (χ0v) is 9.04. The molecule has 0 spiro atoms. The van der Waals surface area contributed by atoms with Crippen LogP contribution in [0.15, 0.2) is 36.4 Å². The van der Waals surface area contributed by atoms with Crippen LogP contribution >= 0.6 is 0 Å². The molecule has 0 heterocycles. The van der Waals surface area contributed by atoms with Gasteiger partial charge in [-0.05, 0) is 18.4 Å². The quantitative estimate of drug-likeness (QED) is 0.773. The Morgan fingerprint density at radius 3 is 2.62 bits per heavy atom. The van der Waals surface area contributed by atoms with E-state index in [2.05, 4.69) is 0 Å². The van der Waals surface area contributed by atoms with E-state index < -0.39 is 12.1 Å². The summed E-state index contributed by atoms with van der Waals surface area (Å²) >= 11 is 0. The van der Waals surface area contributed by atoms with Gasteiger partial charge in [-0.2, -0.15) is 0 Å². The van der Waals surface area contributed by atoms with E-state index in [0.29, 0.717) is 12.8 Å². The summed E-state index contributed by atoms with van der Waals surface area (Å²) in [6, 6.07) is 9.85. The Balaban J connectivity index is 2.25. The van der Waals surface area contributed by atoms with Crippen molar-refractivity contribution in [1.29, 1.82) is 0 Å². The largest absolute Gasteiger partial charge is 0.481 e. The van der Waals surface area contributed by atoms with Crippen molar-refractivity contribution in [1.82, 2.24) is 0 Å². The van der Waals surface area contributed by atoms with Crippen molar-refractivity contribution in [3.63, 3.8) is 0 Å². The molecule has 3 nitrogen and oxygen atoms in total. The van der Waals surface area contributed by atoms with Crippen molar-refractivity contribution in [2.24, 2.45) is 0 Å². The number of carbonyl (C=O) groups is 1. The Bertz CT molecular complexity index is 343. The summed E-state index contributed by atoms with van der Waals surface area (Å²) < 4.78 is 0. The van der Waals surface area contributed by atoms with Crippen molar-refractivity contribution < 1.29 is 15.0 Å². The second-order valence-electron chi connectivity index (χ2n) is 3.64. The Kier molecular flexibility index (Phi) is 5.29. The van der Waals surface area contributed by atoms with Gasteiger partial charge < -0.3 is 10.2 Å². The maximum Gasteiger partial charge on any atom is 0.305 e.